The molecule has 0 saturated heterocycles. The summed E-state index contributed by atoms with van der Waals surface area (Å²) in [5, 5.41) is 10.1. The van der Waals surface area contributed by atoms with Gasteiger partial charge in [-0.3, -0.25) is 4.79 Å². The van der Waals surface area contributed by atoms with Crippen molar-refractivity contribution in [3.05, 3.63) is 65.2 Å². The van der Waals surface area contributed by atoms with Crippen LogP contribution in [0.1, 0.15) is 26.7 Å². The summed E-state index contributed by atoms with van der Waals surface area (Å²) in [6.07, 6.45) is 10.4. The first-order valence-electron chi connectivity index (χ1n) is 8.58. The van der Waals surface area contributed by atoms with Gasteiger partial charge < -0.3 is 9.84 Å². The molecule has 1 saturated carbocycles. The average molecular weight is 393 g/mol. The number of para-hydroxylation sites is 1. The zero-order valence-corrected chi connectivity index (χ0v) is 16.3. The van der Waals surface area contributed by atoms with E-state index < -0.39 is 22.4 Å². The first kappa shape index (κ1) is 19.1. The molecule has 138 valence electrons. The van der Waals surface area contributed by atoms with Crippen LogP contribution < -0.4 is 4.74 Å². The summed E-state index contributed by atoms with van der Waals surface area (Å²) in [5.74, 6) is -0.390. The van der Waals surface area contributed by atoms with Crippen LogP contribution in [0.3, 0.4) is 0 Å². The highest BCUT2D eigenvalue weighted by molar-refractivity contribution is 6.55. The van der Waals surface area contributed by atoms with Crippen molar-refractivity contribution in [2.75, 3.05) is 0 Å². The minimum absolute atomic E-state index is 0.100. The average Bonchev–Trinajstić information content (AvgIpc) is 3.03. The molecule has 0 aromatic heterocycles. The second kappa shape index (κ2) is 6.79. The number of carboxylic acid groups (broad SMARTS) is 1. The minimum Gasteiger partial charge on any atom is -0.483 e. The topological polar surface area (TPSA) is 46.5 Å². The van der Waals surface area contributed by atoms with Crippen LogP contribution in [-0.2, 0) is 4.79 Å². The van der Waals surface area contributed by atoms with Gasteiger partial charge in [0.25, 0.3) is 0 Å². The molecule has 2 aliphatic rings. The van der Waals surface area contributed by atoms with Crippen LogP contribution in [0, 0.1) is 16.7 Å². The van der Waals surface area contributed by atoms with E-state index in [0.717, 1.165) is 0 Å². The van der Waals surface area contributed by atoms with E-state index in [1.54, 1.807) is 6.08 Å². The predicted octanol–water partition coefficient (Wildman–Crippen LogP) is 5.76. The monoisotopic (exact) mass is 392 g/mol. The van der Waals surface area contributed by atoms with Crippen molar-refractivity contribution in [3.8, 4) is 5.75 Å². The van der Waals surface area contributed by atoms with E-state index in [0.29, 0.717) is 18.6 Å². The molecule has 0 aliphatic heterocycles. The largest absolute Gasteiger partial charge is 0.483 e. The van der Waals surface area contributed by atoms with Gasteiger partial charge in [-0.2, -0.15) is 0 Å². The van der Waals surface area contributed by atoms with Crippen LogP contribution in [0.15, 0.2) is 65.2 Å². The molecule has 1 N–H and O–H groups in total. The van der Waals surface area contributed by atoms with E-state index in [-0.39, 0.29) is 10.4 Å². The number of halogens is 2. The molecule has 1 fully saturated rings. The minimum atomic E-state index is -0.994. The number of hydrogen-bond donors (Lipinski definition) is 1. The lowest BCUT2D eigenvalue weighted by molar-refractivity contribution is -0.147. The van der Waals surface area contributed by atoms with Crippen molar-refractivity contribution in [1.29, 1.82) is 0 Å². The third kappa shape index (κ3) is 3.19. The molecule has 0 spiro atoms. The Kier molecular flexibility index (Phi) is 4.98. The summed E-state index contributed by atoms with van der Waals surface area (Å²) in [4.78, 5) is 12.3. The van der Waals surface area contributed by atoms with E-state index in [1.807, 2.05) is 68.5 Å². The molecule has 3 unspecified atom stereocenters. The number of benzene rings is 1. The van der Waals surface area contributed by atoms with E-state index in [9.17, 15) is 9.90 Å². The lowest BCUT2D eigenvalue weighted by atomic mass is 9.79. The molecular formula is C21H22Cl2O3. The zero-order valence-electron chi connectivity index (χ0n) is 14.8. The molecule has 3 atom stereocenters. The van der Waals surface area contributed by atoms with Gasteiger partial charge in [0.05, 0.1) is 5.41 Å². The Bertz CT molecular complexity index is 778. The number of aliphatic carboxylic acids is 1. The van der Waals surface area contributed by atoms with E-state index in [4.69, 9.17) is 27.9 Å². The fraction of sp³-hybridized carbons (Fsp3) is 0.381. The summed E-state index contributed by atoms with van der Waals surface area (Å²) in [6, 6.07) is 9.48. The van der Waals surface area contributed by atoms with Crippen LogP contribution in [0.4, 0.5) is 0 Å². The van der Waals surface area contributed by atoms with Gasteiger partial charge >= 0.3 is 5.97 Å². The first-order valence-corrected chi connectivity index (χ1v) is 9.34. The van der Waals surface area contributed by atoms with Crippen molar-refractivity contribution in [2.45, 2.75) is 32.3 Å². The highest BCUT2D eigenvalue weighted by Gasteiger charge is 2.76. The van der Waals surface area contributed by atoms with Crippen molar-refractivity contribution >= 4 is 29.2 Å². The molecule has 3 rings (SSSR count). The van der Waals surface area contributed by atoms with Gasteiger partial charge in [-0.15, -0.1) is 0 Å². The molecular weight excluding hydrogens is 371 g/mol. The van der Waals surface area contributed by atoms with Crippen molar-refractivity contribution in [1.82, 2.24) is 0 Å². The molecule has 1 aromatic rings. The highest BCUT2D eigenvalue weighted by atomic mass is 35.5. The van der Waals surface area contributed by atoms with Gasteiger partial charge in [0.2, 0.25) is 0 Å². The van der Waals surface area contributed by atoms with Gasteiger partial charge in [-0.25, -0.2) is 0 Å². The predicted molar refractivity (Wildman–Crippen MR) is 104 cm³/mol. The summed E-state index contributed by atoms with van der Waals surface area (Å²) < 4.78 is 6.43. The summed E-state index contributed by atoms with van der Waals surface area (Å²) >= 11 is 11.7. The van der Waals surface area contributed by atoms with Crippen molar-refractivity contribution < 1.29 is 14.6 Å². The zero-order chi connectivity index (χ0) is 19.0. The number of allylic oxidation sites excluding steroid dienone is 3. The molecule has 1 aromatic carbocycles. The number of carbonyl (C=O) groups is 1. The second-order valence-corrected chi connectivity index (χ2v) is 8.59. The molecule has 0 radical (unpaired) electrons. The highest BCUT2D eigenvalue weighted by Crippen LogP contribution is 2.73. The number of carboxylic acids is 1. The smallest absolute Gasteiger partial charge is 0.310 e. The van der Waals surface area contributed by atoms with E-state index in [2.05, 4.69) is 0 Å². The van der Waals surface area contributed by atoms with Gasteiger partial charge in [0.1, 0.15) is 15.8 Å². The lowest BCUT2D eigenvalue weighted by Gasteiger charge is -2.35. The maximum absolute atomic E-state index is 12.3. The SMILES string of the molecule is CC1(C)C(C=C(Cl)Cl)C1(CC1(Oc2ccccc2)C=CC=CC1)C(=O)O. The van der Waals surface area contributed by atoms with E-state index in [1.165, 1.54) is 0 Å². The van der Waals surface area contributed by atoms with Crippen LogP contribution >= 0.6 is 23.2 Å². The Morgan fingerprint density at radius 3 is 2.50 bits per heavy atom. The van der Waals surface area contributed by atoms with Gasteiger partial charge in [-0.05, 0) is 29.7 Å². The van der Waals surface area contributed by atoms with Gasteiger partial charge in [-0.1, -0.05) is 73.5 Å². The van der Waals surface area contributed by atoms with Crippen LogP contribution in [0.2, 0.25) is 0 Å². The summed E-state index contributed by atoms with van der Waals surface area (Å²) in [5.41, 5.74) is -2.20. The van der Waals surface area contributed by atoms with Crippen molar-refractivity contribution in [3.63, 3.8) is 0 Å². The number of ether oxygens (including phenoxy) is 1. The third-order valence-electron chi connectivity index (χ3n) is 5.80. The Morgan fingerprint density at radius 2 is 1.96 bits per heavy atom. The standard InChI is InChI=1S/C21H22Cl2O3/c1-19(2)16(13-17(22)23)21(19,18(24)25)14-20(11-7-4-8-12-20)26-15-9-5-3-6-10-15/h3-11,13,16H,12,14H2,1-2H3,(H,24,25). The molecule has 0 amide bonds. The Hall–Kier alpha value is -1.71. The molecule has 2 aliphatic carbocycles. The quantitative estimate of drug-likeness (QED) is 0.669. The first-order chi connectivity index (χ1) is 12.2. The third-order valence-corrected chi connectivity index (χ3v) is 6.05. The summed E-state index contributed by atoms with van der Waals surface area (Å²) in [6.45, 7) is 3.88. The molecule has 26 heavy (non-hydrogen) atoms. The Labute approximate surface area is 164 Å². The maximum Gasteiger partial charge on any atom is 0.310 e. The summed E-state index contributed by atoms with van der Waals surface area (Å²) in [7, 11) is 0. The van der Waals surface area contributed by atoms with Crippen LogP contribution in [0.5, 0.6) is 5.75 Å². The Morgan fingerprint density at radius 1 is 1.27 bits per heavy atom. The number of hydrogen-bond acceptors (Lipinski definition) is 2. The Balaban J connectivity index is 1.98. The second-order valence-electron chi connectivity index (χ2n) is 7.58. The number of rotatable bonds is 6. The molecule has 5 heteroatoms. The maximum atomic E-state index is 12.3. The van der Waals surface area contributed by atoms with E-state index >= 15 is 0 Å². The molecule has 0 bridgehead atoms. The normalized spacial score (nSPS) is 31.3. The van der Waals surface area contributed by atoms with Crippen LogP contribution in [0.25, 0.3) is 0 Å². The van der Waals surface area contributed by atoms with Crippen LogP contribution in [-0.4, -0.2) is 16.7 Å². The lowest BCUT2D eigenvalue weighted by Crippen LogP contribution is -2.41. The van der Waals surface area contributed by atoms with Gasteiger partial charge in [0, 0.05) is 18.8 Å². The fourth-order valence-corrected chi connectivity index (χ4v) is 4.53. The molecule has 3 nitrogen and oxygen atoms in total. The van der Waals surface area contributed by atoms with Crippen molar-refractivity contribution in [2.24, 2.45) is 16.7 Å². The molecule has 0 heterocycles. The van der Waals surface area contributed by atoms with Gasteiger partial charge in [0.15, 0.2) is 0 Å². The fourth-order valence-electron chi connectivity index (χ4n) is 4.28.